The molecule has 2 N–H and O–H groups in total. The van der Waals surface area contributed by atoms with Gasteiger partial charge in [-0.2, -0.15) is 0 Å². The molecule has 0 fully saturated rings. The highest BCUT2D eigenvalue weighted by Gasteiger charge is 2.05. The zero-order chi connectivity index (χ0) is 11.3. The van der Waals surface area contributed by atoms with Crippen LogP contribution in [0.5, 0.6) is 0 Å². The second kappa shape index (κ2) is 6.05. The molecular formula is C11H16ClFN2. The van der Waals surface area contributed by atoms with Crippen LogP contribution in [-0.4, -0.2) is 24.5 Å². The minimum atomic E-state index is -0.373. The van der Waals surface area contributed by atoms with E-state index < -0.39 is 0 Å². The molecule has 0 spiro atoms. The standard InChI is InChI=1S/C11H16ClFN2/c1-2-15(6-5-14)8-9-3-4-11(13)10(12)7-9/h3-4,7H,2,5-6,8,14H2,1H3. The maximum atomic E-state index is 12.9. The third kappa shape index (κ3) is 3.78. The second-order valence-corrected chi connectivity index (χ2v) is 3.81. The van der Waals surface area contributed by atoms with Crippen molar-refractivity contribution < 1.29 is 4.39 Å². The lowest BCUT2D eigenvalue weighted by Crippen LogP contribution is -2.28. The van der Waals surface area contributed by atoms with Crippen molar-refractivity contribution >= 4 is 11.6 Å². The Bertz CT molecular complexity index is 317. The van der Waals surface area contributed by atoms with E-state index in [9.17, 15) is 4.39 Å². The lowest BCUT2D eigenvalue weighted by Gasteiger charge is -2.19. The second-order valence-electron chi connectivity index (χ2n) is 3.41. The van der Waals surface area contributed by atoms with E-state index in [0.717, 1.165) is 25.2 Å². The highest BCUT2D eigenvalue weighted by Crippen LogP contribution is 2.17. The molecule has 15 heavy (non-hydrogen) atoms. The summed E-state index contributed by atoms with van der Waals surface area (Å²) in [6.07, 6.45) is 0. The molecular weight excluding hydrogens is 215 g/mol. The Hall–Kier alpha value is -0.640. The number of benzene rings is 1. The van der Waals surface area contributed by atoms with Gasteiger partial charge in [-0.25, -0.2) is 4.39 Å². The number of likely N-dealkylation sites (N-methyl/N-ethyl adjacent to an activating group) is 1. The summed E-state index contributed by atoms with van der Waals surface area (Å²) < 4.78 is 12.9. The quantitative estimate of drug-likeness (QED) is 0.841. The van der Waals surface area contributed by atoms with Gasteiger partial charge in [0.15, 0.2) is 0 Å². The predicted octanol–water partition coefficient (Wildman–Crippen LogP) is 2.26. The molecule has 0 aliphatic heterocycles. The maximum Gasteiger partial charge on any atom is 0.141 e. The largest absolute Gasteiger partial charge is 0.329 e. The lowest BCUT2D eigenvalue weighted by molar-refractivity contribution is 0.288. The van der Waals surface area contributed by atoms with Crippen molar-refractivity contribution in [3.63, 3.8) is 0 Å². The van der Waals surface area contributed by atoms with Crippen LogP contribution in [0.1, 0.15) is 12.5 Å². The first-order valence-electron chi connectivity index (χ1n) is 5.03. The number of halogens is 2. The van der Waals surface area contributed by atoms with Crippen LogP contribution in [0.25, 0.3) is 0 Å². The van der Waals surface area contributed by atoms with E-state index in [1.165, 1.54) is 6.07 Å². The maximum absolute atomic E-state index is 12.9. The normalized spacial score (nSPS) is 11.0. The average molecular weight is 231 g/mol. The zero-order valence-corrected chi connectivity index (χ0v) is 9.60. The zero-order valence-electron chi connectivity index (χ0n) is 8.84. The van der Waals surface area contributed by atoms with E-state index in [1.54, 1.807) is 12.1 Å². The van der Waals surface area contributed by atoms with Crippen LogP contribution in [0.15, 0.2) is 18.2 Å². The molecule has 0 bridgehead atoms. The summed E-state index contributed by atoms with van der Waals surface area (Å²) in [4.78, 5) is 2.18. The van der Waals surface area contributed by atoms with Gasteiger partial charge < -0.3 is 5.73 Å². The predicted molar refractivity (Wildman–Crippen MR) is 61.4 cm³/mol. The number of hydrogen-bond donors (Lipinski definition) is 1. The first-order valence-corrected chi connectivity index (χ1v) is 5.41. The van der Waals surface area contributed by atoms with Crippen LogP contribution in [0.4, 0.5) is 4.39 Å². The van der Waals surface area contributed by atoms with Crippen molar-refractivity contribution in [2.75, 3.05) is 19.6 Å². The summed E-state index contributed by atoms with van der Waals surface area (Å²) in [5.41, 5.74) is 6.50. The molecule has 4 heteroatoms. The van der Waals surface area contributed by atoms with Crippen LogP contribution in [0.2, 0.25) is 5.02 Å². The van der Waals surface area contributed by atoms with Crippen molar-refractivity contribution in [3.8, 4) is 0 Å². The van der Waals surface area contributed by atoms with E-state index in [1.807, 2.05) is 0 Å². The molecule has 0 radical (unpaired) electrons. The van der Waals surface area contributed by atoms with E-state index in [0.29, 0.717) is 6.54 Å². The number of rotatable bonds is 5. The summed E-state index contributed by atoms with van der Waals surface area (Å²) in [7, 11) is 0. The Morgan fingerprint density at radius 3 is 2.73 bits per heavy atom. The average Bonchev–Trinajstić information content (AvgIpc) is 2.23. The third-order valence-electron chi connectivity index (χ3n) is 2.28. The number of nitrogens with two attached hydrogens (primary N) is 1. The summed E-state index contributed by atoms with van der Waals surface area (Å²) >= 11 is 5.70. The molecule has 0 aliphatic carbocycles. The van der Waals surface area contributed by atoms with Gasteiger partial charge in [0, 0.05) is 19.6 Å². The molecule has 1 rings (SSSR count). The highest BCUT2D eigenvalue weighted by atomic mass is 35.5. The summed E-state index contributed by atoms with van der Waals surface area (Å²) in [5.74, 6) is -0.373. The van der Waals surface area contributed by atoms with E-state index >= 15 is 0 Å². The molecule has 1 aromatic rings. The Balaban J connectivity index is 2.66. The summed E-state index contributed by atoms with van der Waals surface area (Å²) in [6.45, 7) is 5.22. The lowest BCUT2D eigenvalue weighted by atomic mass is 10.2. The summed E-state index contributed by atoms with van der Waals surface area (Å²) in [6, 6.07) is 4.81. The van der Waals surface area contributed by atoms with E-state index in [4.69, 9.17) is 17.3 Å². The van der Waals surface area contributed by atoms with Gasteiger partial charge in [-0.1, -0.05) is 24.6 Å². The number of hydrogen-bond acceptors (Lipinski definition) is 2. The van der Waals surface area contributed by atoms with Gasteiger partial charge in [0.25, 0.3) is 0 Å². The van der Waals surface area contributed by atoms with Crippen molar-refractivity contribution in [3.05, 3.63) is 34.6 Å². The molecule has 84 valence electrons. The van der Waals surface area contributed by atoms with Crippen molar-refractivity contribution in [1.29, 1.82) is 0 Å². The fraction of sp³-hybridized carbons (Fsp3) is 0.455. The number of nitrogens with zero attached hydrogens (tertiary/aromatic N) is 1. The molecule has 2 nitrogen and oxygen atoms in total. The van der Waals surface area contributed by atoms with Gasteiger partial charge in [-0.15, -0.1) is 0 Å². The molecule has 0 aromatic heterocycles. The summed E-state index contributed by atoms with van der Waals surface area (Å²) in [5, 5.41) is 0.177. The minimum absolute atomic E-state index is 0.177. The fourth-order valence-corrected chi connectivity index (χ4v) is 1.63. The van der Waals surface area contributed by atoms with Gasteiger partial charge in [-0.3, -0.25) is 4.90 Å². The van der Waals surface area contributed by atoms with Gasteiger partial charge in [-0.05, 0) is 24.2 Å². The van der Waals surface area contributed by atoms with Crippen LogP contribution >= 0.6 is 11.6 Å². The van der Waals surface area contributed by atoms with Crippen molar-refractivity contribution in [2.24, 2.45) is 5.73 Å². The van der Waals surface area contributed by atoms with E-state index in [2.05, 4.69) is 11.8 Å². The van der Waals surface area contributed by atoms with Crippen molar-refractivity contribution in [1.82, 2.24) is 4.90 Å². The first-order chi connectivity index (χ1) is 7.17. The van der Waals surface area contributed by atoms with E-state index in [-0.39, 0.29) is 10.8 Å². The molecule has 0 aliphatic rings. The Labute approximate surface area is 94.8 Å². The molecule has 0 heterocycles. The van der Waals surface area contributed by atoms with Crippen LogP contribution in [0.3, 0.4) is 0 Å². The molecule has 1 aromatic carbocycles. The van der Waals surface area contributed by atoms with Crippen LogP contribution < -0.4 is 5.73 Å². The van der Waals surface area contributed by atoms with Gasteiger partial charge in [0.1, 0.15) is 5.82 Å². The monoisotopic (exact) mass is 230 g/mol. The Morgan fingerprint density at radius 1 is 1.47 bits per heavy atom. The fourth-order valence-electron chi connectivity index (χ4n) is 1.43. The minimum Gasteiger partial charge on any atom is -0.329 e. The van der Waals surface area contributed by atoms with Crippen LogP contribution in [-0.2, 0) is 6.54 Å². The smallest absolute Gasteiger partial charge is 0.141 e. The molecule has 0 atom stereocenters. The topological polar surface area (TPSA) is 29.3 Å². The Kier molecular flexibility index (Phi) is 5.02. The van der Waals surface area contributed by atoms with Gasteiger partial charge in [0.05, 0.1) is 5.02 Å². The van der Waals surface area contributed by atoms with Gasteiger partial charge >= 0.3 is 0 Å². The first kappa shape index (κ1) is 12.4. The highest BCUT2D eigenvalue weighted by molar-refractivity contribution is 6.30. The third-order valence-corrected chi connectivity index (χ3v) is 2.57. The van der Waals surface area contributed by atoms with Crippen molar-refractivity contribution in [2.45, 2.75) is 13.5 Å². The molecule has 0 unspecified atom stereocenters. The molecule has 0 saturated heterocycles. The van der Waals surface area contributed by atoms with Gasteiger partial charge in [0.2, 0.25) is 0 Å². The SMILES string of the molecule is CCN(CCN)Cc1ccc(F)c(Cl)c1. The van der Waals surface area contributed by atoms with Crippen LogP contribution in [0, 0.1) is 5.82 Å². The molecule has 0 saturated carbocycles. The molecule has 0 amide bonds. The Morgan fingerprint density at radius 2 is 2.20 bits per heavy atom.